The summed E-state index contributed by atoms with van der Waals surface area (Å²) in [4.78, 5) is 21.1. The Balaban J connectivity index is 1.01. The van der Waals surface area contributed by atoms with Gasteiger partial charge in [-0.3, -0.25) is 10.00 Å². The van der Waals surface area contributed by atoms with Gasteiger partial charge in [-0.15, -0.1) is 0 Å². The zero-order chi connectivity index (χ0) is 28.5. The summed E-state index contributed by atoms with van der Waals surface area (Å²) >= 11 is 6.02. The van der Waals surface area contributed by atoms with Gasteiger partial charge in [0.05, 0.1) is 30.2 Å². The smallest absolute Gasteiger partial charge is 0.216 e. The molecule has 2 saturated heterocycles. The first-order chi connectivity index (χ1) is 20.6. The van der Waals surface area contributed by atoms with Crippen LogP contribution in [0, 0.1) is 6.92 Å². The van der Waals surface area contributed by atoms with Gasteiger partial charge in [-0.25, -0.2) is 15.0 Å². The quantitative estimate of drug-likeness (QED) is 0.258. The number of fused-ring (bicyclic) bond motifs is 1. The molecule has 42 heavy (non-hydrogen) atoms. The summed E-state index contributed by atoms with van der Waals surface area (Å²) in [5.41, 5.74) is 4.19. The van der Waals surface area contributed by atoms with Gasteiger partial charge >= 0.3 is 0 Å². The van der Waals surface area contributed by atoms with Crippen molar-refractivity contribution in [1.82, 2.24) is 39.6 Å². The number of rotatable bonds is 9. The van der Waals surface area contributed by atoms with Gasteiger partial charge in [0.15, 0.2) is 5.82 Å². The minimum atomic E-state index is 0.120. The number of piperidine rings is 1. The highest BCUT2D eigenvalue weighted by Crippen LogP contribution is 2.27. The topological polar surface area (TPSA) is 107 Å². The van der Waals surface area contributed by atoms with Crippen LogP contribution in [0.3, 0.4) is 0 Å². The van der Waals surface area contributed by atoms with Gasteiger partial charge in [0.2, 0.25) is 5.88 Å². The molecule has 0 amide bonds. The monoisotopic (exact) mass is 584 g/mol. The van der Waals surface area contributed by atoms with Crippen molar-refractivity contribution in [1.29, 1.82) is 0 Å². The molecule has 0 unspecified atom stereocenters. The number of hydrogen-bond acceptors (Lipinski definition) is 8. The van der Waals surface area contributed by atoms with E-state index in [9.17, 15) is 0 Å². The van der Waals surface area contributed by atoms with Crippen molar-refractivity contribution < 1.29 is 9.47 Å². The lowest BCUT2D eigenvalue weighted by Gasteiger charge is -2.32. The van der Waals surface area contributed by atoms with E-state index in [1.807, 2.05) is 37.3 Å². The summed E-state index contributed by atoms with van der Waals surface area (Å²) in [5, 5.41) is 7.92. The summed E-state index contributed by atoms with van der Waals surface area (Å²) < 4.78 is 14.4. The van der Waals surface area contributed by atoms with Gasteiger partial charge in [-0.2, -0.15) is 10.1 Å². The number of nitrogens with zero attached hydrogens (tertiary/aromatic N) is 7. The van der Waals surface area contributed by atoms with E-state index < -0.39 is 0 Å². The Morgan fingerprint density at radius 1 is 1.02 bits per heavy atom. The van der Waals surface area contributed by atoms with Gasteiger partial charge in [-0.1, -0.05) is 23.7 Å². The first-order valence-corrected chi connectivity index (χ1v) is 14.9. The van der Waals surface area contributed by atoms with Gasteiger partial charge in [0.1, 0.15) is 23.6 Å². The molecule has 11 heteroatoms. The molecule has 10 nitrogen and oxygen atoms in total. The van der Waals surface area contributed by atoms with Crippen LogP contribution in [-0.4, -0.2) is 71.5 Å². The fraction of sp³-hybridized carbons (Fsp3) is 0.387. The highest BCUT2D eigenvalue weighted by atomic mass is 35.5. The zero-order valence-corrected chi connectivity index (χ0v) is 24.3. The maximum atomic E-state index is 6.30. The second-order valence-corrected chi connectivity index (χ2v) is 11.5. The average Bonchev–Trinajstić information content (AvgIpc) is 3.55. The number of hydrogen-bond donors (Lipinski definition) is 1. The number of likely N-dealkylation sites (tertiary alicyclic amines) is 1. The molecule has 2 aromatic carbocycles. The van der Waals surface area contributed by atoms with Crippen molar-refractivity contribution in [3.05, 3.63) is 82.8 Å². The van der Waals surface area contributed by atoms with E-state index in [0.29, 0.717) is 12.3 Å². The first kappa shape index (κ1) is 27.0. The number of benzene rings is 2. The van der Waals surface area contributed by atoms with Crippen molar-refractivity contribution in [3.63, 3.8) is 0 Å². The van der Waals surface area contributed by atoms with Crippen LogP contribution >= 0.6 is 11.6 Å². The van der Waals surface area contributed by atoms with E-state index in [2.05, 4.69) is 52.8 Å². The fourth-order valence-electron chi connectivity index (χ4n) is 5.63. The fourth-order valence-corrected chi connectivity index (χ4v) is 5.76. The van der Waals surface area contributed by atoms with Crippen molar-refractivity contribution in [2.24, 2.45) is 0 Å². The summed E-state index contributed by atoms with van der Waals surface area (Å²) in [6.07, 6.45) is 5.72. The lowest BCUT2D eigenvalue weighted by molar-refractivity contribution is -0.0592. The van der Waals surface area contributed by atoms with E-state index in [0.717, 1.165) is 103 Å². The Hall–Kier alpha value is -3.86. The van der Waals surface area contributed by atoms with Crippen molar-refractivity contribution in [2.75, 3.05) is 19.7 Å². The minimum Gasteiger partial charge on any atom is -0.474 e. The van der Waals surface area contributed by atoms with Gasteiger partial charge in [0.25, 0.3) is 0 Å². The summed E-state index contributed by atoms with van der Waals surface area (Å²) in [6, 6.07) is 15.9. The SMILES string of the molecule is Cc1n[nH]c(-c2ccc3c(c2)nc(CN2CCC(Oc4ccnc(Cc5ccc(Cl)cc5)n4)CC2)n3C[C@@H]2CCO2)n1. The Kier molecular flexibility index (Phi) is 7.58. The van der Waals surface area contributed by atoms with Crippen molar-refractivity contribution in [2.45, 2.75) is 57.9 Å². The first-order valence-electron chi connectivity index (χ1n) is 14.5. The van der Waals surface area contributed by atoms with Gasteiger partial charge in [0, 0.05) is 49.0 Å². The van der Waals surface area contributed by atoms with Crippen LogP contribution in [0.4, 0.5) is 0 Å². The second kappa shape index (κ2) is 11.8. The standard InChI is InChI=1S/C31H33ClN8O2/c1-20-34-31(38-37-20)22-4-7-27-26(17-22)35-29(40(27)18-25-11-15-41-25)19-39-13-9-24(10-14-39)42-30-8-12-33-28(36-30)16-21-2-5-23(32)6-3-21/h2-8,12,17,24-25H,9-11,13-16,18-19H2,1H3,(H,34,37,38)/t25-/m0/s1. The molecule has 7 rings (SSSR count). The largest absolute Gasteiger partial charge is 0.474 e. The second-order valence-electron chi connectivity index (χ2n) is 11.1. The summed E-state index contributed by atoms with van der Waals surface area (Å²) in [5.74, 6) is 3.92. The third-order valence-electron chi connectivity index (χ3n) is 8.02. The third kappa shape index (κ3) is 6.01. The number of ether oxygens (including phenoxy) is 2. The lowest BCUT2D eigenvalue weighted by atomic mass is 10.1. The van der Waals surface area contributed by atoms with Crippen LogP contribution in [0.5, 0.6) is 5.88 Å². The molecule has 1 N–H and O–H groups in total. The van der Waals surface area contributed by atoms with Crippen LogP contribution in [0.1, 0.15) is 42.3 Å². The molecular weight excluding hydrogens is 552 g/mol. The maximum absolute atomic E-state index is 6.30. The number of H-pyrrole nitrogens is 1. The van der Waals surface area contributed by atoms with Crippen LogP contribution in [0.15, 0.2) is 54.7 Å². The molecule has 0 aliphatic carbocycles. The van der Waals surface area contributed by atoms with E-state index in [1.165, 1.54) is 0 Å². The molecule has 0 spiro atoms. The lowest BCUT2D eigenvalue weighted by Crippen LogP contribution is -2.39. The van der Waals surface area contributed by atoms with Crippen molar-refractivity contribution >= 4 is 22.6 Å². The van der Waals surface area contributed by atoms with Crippen LogP contribution in [0.25, 0.3) is 22.4 Å². The molecule has 0 radical (unpaired) electrons. The molecule has 2 fully saturated rings. The Bertz CT molecular complexity index is 1670. The predicted molar refractivity (Wildman–Crippen MR) is 159 cm³/mol. The molecule has 216 valence electrons. The normalized spacial score (nSPS) is 17.9. The Morgan fingerprint density at radius 2 is 1.86 bits per heavy atom. The maximum Gasteiger partial charge on any atom is 0.216 e. The van der Waals surface area contributed by atoms with Crippen molar-refractivity contribution in [3.8, 4) is 17.3 Å². The molecule has 0 saturated carbocycles. The van der Waals surface area contributed by atoms with E-state index in [1.54, 1.807) is 6.20 Å². The molecular formula is C31H33ClN8O2. The number of aromatic nitrogens is 7. The molecule has 2 aliphatic rings. The van der Waals surface area contributed by atoms with E-state index >= 15 is 0 Å². The minimum absolute atomic E-state index is 0.120. The summed E-state index contributed by atoms with van der Waals surface area (Å²) in [7, 11) is 0. The van der Waals surface area contributed by atoms with Gasteiger partial charge in [-0.05, 0) is 62.1 Å². The molecule has 1 atom stereocenters. The van der Waals surface area contributed by atoms with Crippen LogP contribution in [0.2, 0.25) is 5.02 Å². The third-order valence-corrected chi connectivity index (χ3v) is 8.27. The van der Waals surface area contributed by atoms with E-state index in [4.69, 9.17) is 26.1 Å². The Labute approximate surface area is 249 Å². The number of nitrogens with one attached hydrogen (secondary N) is 1. The Morgan fingerprint density at radius 3 is 2.60 bits per heavy atom. The van der Waals surface area contributed by atoms with Crippen LogP contribution in [-0.2, 0) is 24.2 Å². The summed E-state index contributed by atoms with van der Waals surface area (Å²) in [6.45, 7) is 6.18. The van der Waals surface area contributed by atoms with Gasteiger partial charge < -0.3 is 14.0 Å². The molecule has 0 bridgehead atoms. The molecule has 2 aliphatic heterocycles. The van der Waals surface area contributed by atoms with Crippen LogP contribution < -0.4 is 4.74 Å². The number of imidazole rings is 1. The predicted octanol–water partition coefficient (Wildman–Crippen LogP) is 5.00. The molecule has 3 aromatic heterocycles. The highest BCUT2D eigenvalue weighted by molar-refractivity contribution is 6.30. The zero-order valence-electron chi connectivity index (χ0n) is 23.5. The molecule has 5 heterocycles. The number of halogens is 1. The highest BCUT2D eigenvalue weighted by Gasteiger charge is 2.26. The average molecular weight is 585 g/mol. The number of aryl methyl sites for hydroxylation is 1. The molecule has 5 aromatic rings. The van der Waals surface area contributed by atoms with E-state index in [-0.39, 0.29) is 12.2 Å². The number of aromatic amines is 1.